The van der Waals surface area contributed by atoms with Gasteiger partial charge in [0.05, 0.1) is 22.3 Å². The van der Waals surface area contributed by atoms with E-state index in [1.54, 1.807) is 6.07 Å². The summed E-state index contributed by atoms with van der Waals surface area (Å²) in [6.45, 7) is 22.6. The van der Waals surface area contributed by atoms with Crippen LogP contribution in [0.5, 0.6) is 5.75 Å². The summed E-state index contributed by atoms with van der Waals surface area (Å²) < 4.78 is 2.19. The number of pyridine rings is 1. The fourth-order valence-corrected chi connectivity index (χ4v) is 7.15. The minimum atomic E-state index is -0.135. The number of rotatable bonds is 7. The molecule has 7 rings (SSSR count). The third-order valence-corrected chi connectivity index (χ3v) is 10.6. The minimum absolute atomic E-state index is 0.120. The molecule has 0 aliphatic rings. The van der Waals surface area contributed by atoms with Crippen LogP contribution in [0.3, 0.4) is 0 Å². The molecule has 7 aromatic rings. The van der Waals surface area contributed by atoms with Crippen LogP contribution in [0.25, 0.3) is 61.6 Å². The van der Waals surface area contributed by atoms with E-state index in [1.807, 2.05) is 42.6 Å². The van der Waals surface area contributed by atoms with Gasteiger partial charge in [0, 0.05) is 23.0 Å². The van der Waals surface area contributed by atoms with Crippen LogP contribution < -0.4 is 0 Å². The molecule has 2 heterocycles. The number of hydrogen-bond donors (Lipinski definition) is 1. The monoisotopic (exact) mass is 711 g/mol. The van der Waals surface area contributed by atoms with E-state index in [9.17, 15) is 5.11 Å². The lowest BCUT2D eigenvalue weighted by atomic mass is 9.81. The summed E-state index contributed by atoms with van der Waals surface area (Å²) in [6, 6.07) is 40.7. The van der Waals surface area contributed by atoms with E-state index in [-0.39, 0.29) is 16.6 Å². The number of benzene rings is 5. The van der Waals surface area contributed by atoms with Crippen molar-refractivity contribution in [3.05, 3.63) is 144 Å². The normalized spacial score (nSPS) is 12.3. The topological polar surface area (TPSA) is 50.9 Å². The van der Waals surface area contributed by atoms with Crippen molar-refractivity contribution in [2.24, 2.45) is 0 Å². The molecule has 0 amide bonds. The van der Waals surface area contributed by atoms with Gasteiger partial charge < -0.3 is 5.11 Å². The average Bonchev–Trinajstić information content (AvgIpc) is 3.53. The molecule has 0 fully saturated rings. The molecule has 0 atom stereocenters. The van der Waals surface area contributed by atoms with Crippen LogP contribution in [0, 0.1) is 0 Å². The fraction of sp³-hybridized carbons (Fsp3) is 0.280. The summed E-state index contributed by atoms with van der Waals surface area (Å²) in [5.41, 5.74) is 15.0. The number of aromatic hydroxyl groups is 1. The van der Waals surface area contributed by atoms with Crippen LogP contribution >= 0.6 is 0 Å². The summed E-state index contributed by atoms with van der Waals surface area (Å²) in [4.78, 5) is 10.4. The first-order chi connectivity index (χ1) is 25.6. The second-order valence-corrected chi connectivity index (χ2v) is 17.4. The highest BCUT2D eigenvalue weighted by atomic mass is 16.3. The Balaban J connectivity index is 1.50. The maximum Gasteiger partial charge on any atom is 0.149 e. The number of para-hydroxylation sites is 2. The Morgan fingerprint density at radius 3 is 1.80 bits per heavy atom. The maximum atomic E-state index is 11.1. The van der Waals surface area contributed by atoms with Gasteiger partial charge in [-0.25, -0.2) is 4.98 Å². The molecule has 4 heteroatoms. The zero-order valence-corrected chi connectivity index (χ0v) is 33.5. The van der Waals surface area contributed by atoms with E-state index in [0.717, 1.165) is 44.7 Å². The SMILES string of the molecule is CC(C)c1cc(-c2ccnc(-c3cc(-c4cc(C(C)(C)C)cc5c4nc(-c4ccccc4O)n5-c4ccccc4)cc(C(C)(C)C)c3)c2)cc(C(C)C)c1. The smallest absolute Gasteiger partial charge is 0.149 e. The van der Waals surface area contributed by atoms with Crippen molar-refractivity contribution in [1.29, 1.82) is 0 Å². The Morgan fingerprint density at radius 1 is 0.556 bits per heavy atom. The molecule has 0 spiro atoms. The van der Waals surface area contributed by atoms with Gasteiger partial charge in [0.25, 0.3) is 0 Å². The largest absolute Gasteiger partial charge is 0.507 e. The highest BCUT2D eigenvalue weighted by Gasteiger charge is 2.25. The summed E-state index contributed by atoms with van der Waals surface area (Å²) in [6.07, 6.45) is 1.95. The number of aromatic nitrogens is 3. The predicted octanol–water partition coefficient (Wildman–Crippen LogP) is 13.6. The first-order valence-electron chi connectivity index (χ1n) is 19.3. The van der Waals surface area contributed by atoms with E-state index in [4.69, 9.17) is 9.97 Å². The summed E-state index contributed by atoms with van der Waals surface area (Å²) in [5, 5.41) is 11.1. The fourth-order valence-electron chi connectivity index (χ4n) is 7.15. The second kappa shape index (κ2) is 14.1. The first-order valence-corrected chi connectivity index (χ1v) is 19.3. The van der Waals surface area contributed by atoms with Crippen LogP contribution in [-0.4, -0.2) is 19.6 Å². The van der Waals surface area contributed by atoms with Gasteiger partial charge in [0.2, 0.25) is 0 Å². The first kappa shape index (κ1) is 36.9. The lowest BCUT2D eigenvalue weighted by molar-refractivity contribution is 0.477. The summed E-state index contributed by atoms with van der Waals surface area (Å²) in [5.74, 6) is 1.78. The zero-order valence-electron chi connectivity index (χ0n) is 33.5. The standard InChI is InChI=1S/C50H53N3O/c1-31(2)34-22-35(32(3)4)24-36(23-34)33-20-21-51-44(28-33)38-25-37(26-39(27-38)49(5,6)7)43-29-40(50(8,9)10)30-45-47(43)52-48(42-18-14-15-19-46(42)54)53(45)41-16-12-11-13-17-41/h11-32,54H,1-10H3. The molecule has 5 aromatic carbocycles. The van der Waals surface area contributed by atoms with Crippen molar-refractivity contribution in [2.45, 2.75) is 91.9 Å². The maximum absolute atomic E-state index is 11.1. The second-order valence-electron chi connectivity index (χ2n) is 17.4. The van der Waals surface area contributed by atoms with E-state index >= 15 is 0 Å². The number of imidazole rings is 1. The molecular formula is C50H53N3O. The molecule has 0 aliphatic carbocycles. The van der Waals surface area contributed by atoms with Gasteiger partial charge in [-0.05, 0) is 122 Å². The quantitative estimate of drug-likeness (QED) is 0.179. The lowest BCUT2D eigenvalue weighted by Crippen LogP contribution is -2.12. The molecule has 0 radical (unpaired) electrons. The molecule has 0 bridgehead atoms. The highest BCUT2D eigenvalue weighted by molar-refractivity contribution is 5.97. The minimum Gasteiger partial charge on any atom is -0.507 e. The number of phenolic OH excluding ortho intramolecular Hbond substituents is 1. The third-order valence-electron chi connectivity index (χ3n) is 10.6. The van der Waals surface area contributed by atoms with E-state index in [2.05, 4.69) is 147 Å². The van der Waals surface area contributed by atoms with Gasteiger partial charge in [0.1, 0.15) is 11.6 Å². The van der Waals surface area contributed by atoms with Gasteiger partial charge in [-0.2, -0.15) is 0 Å². The Bertz CT molecular complexity index is 2450. The molecular weight excluding hydrogens is 659 g/mol. The van der Waals surface area contributed by atoms with Crippen LogP contribution in [0.4, 0.5) is 0 Å². The lowest BCUT2D eigenvalue weighted by Gasteiger charge is -2.23. The van der Waals surface area contributed by atoms with Gasteiger partial charge in [-0.15, -0.1) is 0 Å². The Labute approximate surface area is 321 Å². The third kappa shape index (κ3) is 7.22. The molecule has 0 unspecified atom stereocenters. The van der Waals surface area contributed by atoms with Gasteiger partial charge >= 0.3 is 0 Å². The summed E-state index contributed by atoms with van der Waals surface area (Å²) >= 11 is 0. The highest BCUT2D eigenvalue weighted by Crippen LogP contribution is 2.42. The van der Waals surface area contributed by atoms with Crippen molar-refractivity contribution >= 4 is 11.0 Å². The van der Waals surface area contributed by atoms with Crippen LogP contribution in [0.2, 0.25) is 0 Å². The van der Waals surface area contributed by atoms with Crippen LogP contribution in [0.1, 0.15) is 103 Å². The molecule has 274 valence electrons. The van der Waals surface area contributed by atoms with Crippen molar-refractivity contribution in [3.8, 4) is 56.3 Å². The number of fused-ring (bicyclic) bond motifs is 1. The average molecular weight is 712 g/mol. The van der Waals surface area contributed by atoms with Crippen molar-refractivity contribution in [2.75, 3.05) is 0 Å². The number of phenols is 1. The molecule has 4 nitrogen and oxygen atoms in total. The Morgan fingerprint density at radius 2 is 1.17 bits per heavy atom. The van der Waals surface area contributed by atoms with Gasteiger partial charge in [-0.3, -0.25) is 9.55 Å². The van der Waals surface area contributed by atoms with E-state index in [0.29, 0.717) is 23.2 Å². The van der Waals surface area contributed by atoms with Crippen LogP contribution in [0.15, 0.2) is 121 Å². The molecule has 0 saturated carbocycles. The van der Waals surface area contributed by atoms with Gasteiger partial charge in [0.15, 0.2) is 0 Å². The van der Waals surface area contributed by atoms with Crippen molar-refractivity contribution < 1.29 is 5.11 Å². The molecule has 2 aromatic heterocycles. The number of nitrogens with zero attached hydrogens (tertiary/aromatic N) is 3. The van der Waals surface area contributed by atoms with Crippen LogP contribution in [-0.2, 0) is 10.8 Å². The Kier molecular flexibility index (Phi) is 9.60. The zero-order chi connectivity index (χ0) is 38.5. The Hall–Kier alpha value is -5.48. The van der Waals surface area contributed by atoms with Crippen molar-refractivity contribution in [1.82, 2.24) is 14.5 Å². The molecule has 54 heavy (non-hydrogen) atoms. The van der Waals surface area contributed by atoms with E-state index < -0.39 is 0 Å². The summed E-state index contributed by atoms with van der Waals surface area (Å²) in [7, 11) is 0. The molecule has 0 saturated heterocycles. The van der Waals surface area contributed by atoms with Gasteiger partial charge in [-0.1, -0.05) is 124 Å². The predicted molar refractivity (Wildman–Crippen MR) is 228 cm³/mol. The molecule has 0 aliphatic heterocycles. The van der Waals surface area contributed by atoms with E-state index in [1.165, 1.54) is 27.8 Å². The molecule has 1 N–H and O–H groups in total. The number of hydrogen-bond acceptors (Lipinski definition) is 3. The van der Waals surface area contributed by atoms with Crippen molar-refractivity contribution in [3.63, 3.8) is 0 Å².